The summed E-state index contributed by atoms with van der Waals surface area (Å²) >= 11 is 0. The van der Waals surface area contributed by atoms with E-state index in [-0.39, 0.29) is 6.03 Å². The molecule has 0 aliphatic heterocycles. The van der Waals surface area contributed by atoms with Crippen molar-refractivity contribution in [3.05, 3.63) is 0 Å². The zero-order valence-corrected chi connectivity index (χ0v) is 8.84. The number of carbonyl (C=O) groups excluding carboxylic acids is 1. The van der Waals surface area contributed by atoms with Gasteiger partial charge in [0.05, 0.1) is 0 Å². The number of nitrogens with zero attached hydrogens (tertiary/aromatic N) is 1. The molecule has 0 saturated heterocycles. The number of nitrogens with one attached hydrogen (secondary N) is 1. The summed E-state index contributed by atoms with van der Waals surface area (Å²) < 4.78 is 0. The molecule has 3 nitrogen and oxygen atoms in total. The number of rotatable bonds is 3. The molecule has 1 atom stereocenters. The Kier molecular flexibility index (Phi) is 3.58. The normalized spacial score (nSPS) is 19.0. The van der Waals surface area contributed by atoms with E-state index in [1.165, 1.54) is 6.42 Å². The van der Waals surface area contributed by atoms with Crippen LogP contribution in [0.5, 0.6) is 0 Å². The van der Waals surface area contributed by atoms with Crippen LogP contribution in [0.3, 0.4) is 0 Å². The van der Waals surface area contributed by atoms with Crippen LogP contribution in [0.15, 0.2) is 0 Å². The van der Waals surface area contributed by atoms with Gasteiger partial charge >= 0.3 is 6.03 Å². The van der Waals surface area contributed by atoms with Gasteiger partial charge in [0.1, 0.15) is 0 Å². The average Bonchev–Trinajstić information content (AvgIpc) is 2.08. The Morgan fingerprint density at radius 1 is 1.62 bits per heavy atom. The maximum absolute atomic E-state index is 11.6. The summed E-state index contributed by atoms with van der Waals surface area (Å²) in [4.78, 5) is 13.4. The molecule has 76 valence electrons. The van der Waals surface area contributed by atoms with Crippen molar-refractivity contribution in [2.45, 2.75) is 51.6 Å². The molecule has 2 amide bonds. The van der Waals surface area contributed by atoms with E-state index in [1.54, 1.807) is 4.90 Å². The van der Waals surface area contributed by atoms with E-state index in [0.717, 1.165) is 19.3 Å². The van der Waals surface area contributed by atoms with E-state index in [4.69, 9.17) is 0 Å². The van der Waals surface area contributed by atoms with Gasteiger partial charge in [0, 0.05) is 19.1 Å². The lowest BCUT2D eigenvalue weighted by atomic mass is 9.93. The first-order valence-electron chi connectivity index (χ1n) is 5.18. The predicted molar refractivity (Wildman–Crippen MR) is 53.7 cm³/mol. The highest BCUT2D eigenvalue weighted by atomic mass is 16.2. The summed E-state index contributed by atoms with van der Waals surface area (Å²) in [6, 6.07) is 0.859. The molecule has 1 aliphatic rings. The van der Waals surface area contributed by atoms with E-state index in [0.29, 0.717) is 12.1 Å². The van der Waals surface area contributed by atoms with Crippen molar-refractivity contribution in [1.29, 1.82) is 0 Å². The van der Waals surface area contributed by atoms with Gasteiger partial charge in [-0.1, -0.05) is 6.92 Å². The van der Waals surface area contributed by atoms with Crippen molar-refractivity contribution in [3.8, 4) is 0 Å². The number of carbonyl (C=O) groups is 1. The van der Waals surface area contributed by atoms with Crippen molar-refractivity contribution >= 4 is 6.03 Å². The van der Waals surface area contributed by atoms with Gasteiger partial charge in [0.15, 0.2) is 0 Å². The van der Waals surface area contributed by atoms with Gasteiger partial charge in [0.25, 0.3) is 0 Å². The molecule has 0 heterocycles. The summed E-state index contributed by atoms with van der Waals surface area (Å²) in [6.07, 6.45) is 4.58. The molecule has 1 aliphatic carbocycles. The van der Waals surface area contributed by atoms with Crippen molar-refractivity contribution in [1.82, 2.24) is 10.2 Å². The number of hydrogen-bond donors (Lipinski definition) is 1. The first-order chi connectivity index (χ1) is 6.15. The summed E-state index contributed by atoms with van der Waals surface area (Å²) in [6.45, 7) is 4.16. The van der Waals surface area contributed by atoms with Crippen LogP contribution in [0.2, 0.25) is 0 Å². The Morgan fingerprint density at radius 2 is 2.23 bits per heavy atom. The molecule has 1 N–H and O–H groups in total. The van der Waals surface area contributed by atoms with E-state index in [2.05, 4.69) is 19.2 Å². The van der Waals surface area contributed by atoms with Gasteiger partial charge in [-0.05, 0) is 32.6 Å². The Bertz CT molecular complexity index is 178. The largest absolute Gasteiger partial charge is 0.335 e. The first kappa shape index (κ1) is 10.4. The van der Waals surface area contributed by atoms with Crippen LogP contribution < -0.4 is 5.32 Å². The molecular formula is C10H20N2O. The van der Waals surface area contributed by atoms with Crippen LogP contribution in [0.4, 0.5) is 4.79 Å². The summed E-state index contributed by atoms with van der Waals surface area (Å²) in [5.41, 5.74) is 0. The van der Waals surface area contributed by atoms with Gasteiger partial charge in [-0.25, -0.2) is 4.79 Å². The second-order valence-electron chi connectivity index (χ2n) is 3.95. The molecule has 1 saturated carbocycles. The third kappa shape index (κ3) is 2.61. The molecule has 1 unspecified atom stereocenters. The highest BCUT2D eigenvalue weighted by molar-refractivity contribution is 5.74. The number of urea groups is 1. The van der Waals surface area contributed by atoms with E-state index >= 15 is 0 Å². The van der Waals surface area contributed by atoms with Gasteiger partial charge in [-0.15, -0.1) is 0 Å². The van der Waals surface area contributed by atoms with Crippen LogP contribution in [0, 0.1) is 0 Å². The third-order valence-electron chi connectivity index (χ3n) is 3.01. The van der Waals surface area contributed by atoms with Gasteiger partial charge in [0.2, 0.25) is 0 Å². The minimum atomic E-state index is 0.0825. The maximum atomic E-state index is 11.6. The smallest absolute Gasteiger partial charge is 0.317 e. The van der Waals surface area contributed by atoms with Gasteiger partial charge < -0.3 is 10.2 Å². The van der Waals surface area contributed by atoms with Crippen molar-refractivity contribution in [2.75, 3.05) is 7.05 Å². The predicted octanol–water partition coefficient (Wildman–Crippen LogP) is 1.98. The molecule has 1 fully saturated rings. The molecule has 13 heavy (non-hydrogen) atoms. The third-order valence-corrected chi connectivity index (χ3v) is 3.01. The Morgan fingerprint density at radius 3 is 2.62 bits per heavy atom. The summed E-state index contributed by atoms with van der Waals surface area (Å²) in [5, 5.41) is 3.02. The fourth-order valence-electron chi connectivity index (χ4n) is 1.30. The van der Waals surface area contributed by atoms with E-state index in [1.807, 2.05) is 7.05 Å². The van der Waals surface area contributed by atoms with Crippen LogP contribution in [0.25, 0.3) is 0 Å². The fourth-order valence-corrected chi connectivity index (χ4v) is 1.30. The molecular weight excluding hydrogens is 164 g/mol. The lowest BCUT2D eigenvalue weighted by Gasteiger charge is -2.31. The van der Waals surface area contributed by atoms with Crippen LogP contribution >= 0.6 is 0 Å². The lowest BCUT2D eigenvalue weighted by molar-refractivity contribution is 0.181. The monoisotopic (exact) mass is 184 g/mol. The molecule has 3 heteroatoms. The lowest BCUT2D eigenvalue weighted by Crippen LogP contribution is -2.48. The van der Waals surface area contributed by atoms with E-state index in [9.17, 15) is 4.79 Å². The minimum Gasteiger partial charge on any atom is -0.335 e. The summed E-state index contributed by atoms with van der Waals surface area (Å²) in [7, 11) is 1.86. The standard InChI is InChI=1S/C10H20N2O/c1-4-8(2)12(3)10(13)11-9-6-5-7-9/h8-9H,4-7H2,1-3H3,(H,11,13). The van der Waals surface area contributed by atoms with Crippen molar-refractivity contribution < 1.29 is 4.79 Å². The van der Waals surface area contributed by atoms with Crippen LogP contribution in [-0.2, 0) is 0 Å². The van der Waals surface area contributed by atoms with Crippen LogP contribution in [0.1, 0.15) is 39.5 Å². The quantitative estimate of drug-likeness (QED) is 0.714. The van der Waals surface area contributed by atoms with Gasteiger partial charge in [-0.3, -0.25) is 0 Å². The van der Waals surface area contributed by atoms with Crippen molar-refractivity contribution in [3.63, 3.8) is 0 Å². The molecule has 0 aromatic heterocycles. The maximum Gasteiger partial charge on any atom is 0.317 e. The molecule has 0 spiro atoms. The fraction of sp³-hybridized carbons (Fsp3) is 0.900. The van der Waals surface area contributed by atoms with Crippen molar-refractivity contribution in [2.24, 2.45) is 0 Å². The van der Waals surface area contributed by atoms with Gasteiger partial charge in [-0.2, -0.15) is 0 Å². The Balaban J connectivity index is 2.28. The molecule has 0 aromatic carbocycles. The van der Waals surface area contributed by atoms with E-state index < -0.39 is 0 Å². The Hall–Kier alpha value is -0.730. The van der Waals surface area contributed by atoms with Crippen LogP contribution in [-0.4, -0.2) is 30.1 Å². The highest BCUT2D eigenvalue weighted by Crippen LogP contribution is 2.18. The minimum absolute atomic E-state index is 0.0825. The molecule has 0 aromatic rings. The first-order valence-corrected chi connectivity index (χ1v) is 5.18. The zero-order chi connectivity index (χ0) is 9.84. The average molecular weight is 184 g/mol. The SMILES string of the molecule is CCC(C)N(C)C(=O)NC1CCC1. The number of hydrogen-bond acceptors (Lipinski definition) is 1. The highest BCUT2D eigenvalue weighted by Gasteiger charge is 2.22. The summed E-state index contributed by atoms with van der Waals surface area (Å²) in [5.74, 6) is 0. The molecule has 0 radical (unpaired) electrons. The zero-order valence-electron chi connectivity index (χ0n) is 8.84. The topological polar surface area (TPSA) is 32.3 Å². The molecule has 0 bridgehead atoms. The second kappa shape index (κ2) is 4.49. The number of amides is 2. The second-order valence-corrected chi connectivity index (χ2v) is 3.95. The molecule has 1 rings (SSSR count). The Labute approximate surface area is 80.5 Å².